The van der Waals surface area contributed by atoms with Gasteiger partial charge in [0.25, 0.3) is 0 Å². The van der Waals surface area contributed by atoms with E-state index in [0.29, 0.717) is 49.9 Å². The molecule has 0 amide bonds. The normalized spacial score (nSPS) is 16.1. The molecule has 3 heterocycles. The monoisotopic (exact) mass is 511 g/mol. The number of nitrogens with two attached hydrogens (primary N) is 1. The molecule has 1 saturated heterocycles. The third kappa shape index (κ3) is 6.50. The third-order valence-corrected chi connectivity index (χ3v) is 6.28. The summed E-state index contributed by atoms with van der Waals surface area (Å²) in [5, 5.41) is 4.26. The minimum Gasteiger partial charge on any atom is -0.490 e. The maximum atomic E-state index is 6.35. The number of ether oxygens (including phenoxy) is 4. The molecular weight excluding hydrogens is 474 g/mol. The Kier molecular flexibility index (Phi) is 8.83. The van der Waals surface area contributed by atoms with Crippen LogP contribution in [0.2, 0.25) is 0 Å². The smallest absolute Gasteiger partial charge is 0.231 e. The molecule has 4 rings (SSSR count). The van der Waals surface area contributed by atoms with Crippen LogP contribution in [0.25, 0.3) is 11.3 Å². The molecule has 10 heteroatoms. The van der Waals surface area contributed by atoms with E-state index in [-0.39, 0.29) is 12.0 Å². The average molecular weight is 512 g/mol. The van der Waals surface area contributed by atoms with E-state index in [4.69, 9.17) is 34.2 Å². The molecular formula is C27H37N5O5. The highest BCUT2D eigenvalue weighted by molar-refractivity contribution is 5.73. The van der Waals surface area contributed by atoms with Crippen LogP contribution in [0.15, 0.2) is 41.2 Å². The van der Waals surface area contributed by atoms with Crippen molar-refractivity contribution in [2.24, 2.45) is 0 Å². The molecule has 1 atom stereocenters. The van der Waals surface area contributed by atoms with E-state index < -0.39 is 5.41 Å². The van der Waals surface area contributed by atoms with Crippen LogP contribution in [0.3, 0.4) is 0 Å². The summed E-state index contributed by atoms with van der Waals surface area (Å²) in [5.74, 6) is 2.48. The van der Waals surface area contributed by atoms with Crippen LogP contribution in [0.4, 0.5) is 11.7 Å². The second kappa shape index (κ2) is 12.2. The molecule has 0 aliphatic carbocycles. The van der Waals surface area contributed by atoms with Gasteiger partial charge in [0.15, 0.2) is 11.5 Å². The van der Waals surface area contributed by atoms with Gasteiger partial charge in [0, 0.05) is 19.1 Å². The molecule has 0 spiro atoms. The molecule has 0 radical (unpaired) electrons. The number of methoxy groups -OCH3 is 1. The Morgan fingerprint density at radius 1 is 1.16 bits per heavy atom. The van der Waals surface area contributed by atoms with Crippen molar-refractivity contribution in [3.05, 3.63) is 42.4 Å². The fourth-order valence-electron chi connectivity index (χ4n) is 4.42. The predicted molar refractivity (Wildman–Crippen MR) is 141 cm³/mol. The zero-order valence-electron chi connectivity index (χ0n) is 22.1. The van der Waals surface area contributed by atoms with Crippen LogP contribution in [0, 0.1) is 0 Å². The third-order valence-electron chi connectivity index (χ3n) is 6.28. The van der Waals surface area contributed by atoms with Crippen molar-refractivity contribution in [3.63, 3.8) is 0 Å². The first-order valence-electron chi connectivity index (χ1n) is 12.7. The van der Waals surface area contributed by atoms with Crippen molar-refractivity contribution in [3.8, 4) is 22.8 Å². The summed E-state index contributed by atoms with van der Waals surface area (Å²) in [5.41, 5.74) is 7.70. The van der Waals surface area contributed by atoms with Gasteiger partial charge in [0.1, 0.15) is 17.6 Å². The molecule has 0 saturated carbocycles. The van der Waals surface area contributed by atoms with Gasteiger partial charge in [-0.15, -0.1) is 0 Å². The SMILES string of the molecule is CCOc1ccccc1OC1CCCN(c2cncc(-c3c(C(C)(C)COCCOC)noc3N)n2)C1. The molecule has 1 aromatic carbocycles. The molecule has 37 heavy (non-hydrogen) atoms. The van der Waals surface area contributed by atoms with E-state index in [2.05, 4.69) is 15.0 Å². The van der Waals surface area contributed by atoms with Crippen molar-refractivity contribution in [1.82, 2.24) is 15.1 Å². The van der Waals surface area contributed by atoms with Crippen molar-refractivity contribution in [2.75, 3.05) is 57.3 Å². The van der Waals surface area contributed by atoms with Gasteiger partial charge in [0.2, 0.25) is 5.88 Å². The molecule has 2 N–H and O–H groups in total. The predicted octanol–water partition coefficient (Wildman–Crippen LogP) is 4.10. The minimum absolute atomic E-state index is 0.000201. The van der Waals surface area contributed by atoms with Crippen LogP contribution in [-0.2, 0) is 14.9 Å². The van der Waals surface area contributed by atoms with Gasteiger partial charge in [-0.05, 0) is 31.9 Å². The molecule has 1 aliphatic rings. The number of nitrogen functional groups attached to an aromatic ring is 1. The fourth-order valence-corrected chi connectivity index (χ4v) is 4.42. The largest absolute Gasteiger partial charge is 0.490 e. The van der Waals surface area contributed by atoms with Crippen LogP contribution in [0.5, 0.6) is 11.5 Å². The number of para-hydroxylation sites is 2. The summed E-state index contributed by atoms with van der Waals surface area (Å²) in [6, 6.07) is 7.78. The minimum atomic E-state index is -0.458. The van der Waals surface area contributed by atoms with Gasteiger partial charge in [-0.1, -0.05) is 31.1 Å². The Bertz CT molecular complexity index is 1150. The van der Waals surface area contributed by atoms with Crippen molar-refractivity contribution < 1.29 is 23.5 Å². The molecule has 3 aromatic rings. The van der Waals surface area contributed by atoms with Gasteiger partial charge >= 0.3 is 0 Å². The van der Waals surface area contributed by atoms with Gasteiger partial charge in [0.05, 0.1) is 56.6 Å². The number of rotatable bonds is 12. The Morgan fingerprint density at radius 2 is 1.97 bits per heavy atom. The first-order chi connectivity index (χ1) is 17.9. The average Bonchev–Trinajstić information content (AvgIpc) is 3.30. The molecule has 1 fully saturated rings. The Balaban J connectivity index is 1.51. The van der Waals surface area contributed by atoms with Gasteiger partial charge in [-0.25, -0.2) is 4.98 Å². The van der Waals surface area contributed by atoms with Crippen LogP contribution in [-0.4, -0.2) is 67.9 Å². The lowest BCUT2D eigenvalue weighted by Crippen LogP contribution is -2.41. The maximum absolute atomic E-state index is 6.35. The summed E-state index contributed by atoms with van der Waals surface area (Å²) >= 11 is 0. The summed E-state index contributed by atoms with van der Waals surface area (Å²) in [6.45, 7) is 9.60. The quantitative estimate of drug-likeness (QED) is 0.356. The van der Waals surface area contributed by atoms with E-state index in [1.54, 1.807) is 19.5 Å². The highest BCUT2D eigenvalue weighted by Gasteiger charge is 2.32. The first-order valence-corrected chi connectivity index (χ1v) is 12.7. The lowest BCUT2D eigenvalue weighted by Gasteiger charge is -2.34. The number of hydrogen-bond donors (Lipinski definition) is 1. The Hall–Kier alpha value is -3.37. The number of nitrogens with zero attached hydrogens (tertiary/aromatic N) is 4. The van der Waals surface area contributed by atoms with Gasteiger partial charge < -0.3 is 34.1 Å². The standard InChI is InChI=1S/C27H37N5O5/c1-5-35-21-10-6-7-11-22(21)36-19-9-8-12-32(17-19)23-16-29-15-20(30-23)24-25(31-37-26(24)28)27(2,3)18-34-14-13-33-4/h6-7,10-11,15-16,19H,5,8-9,12-14,17-18,28H2,1-4H3. The first kappa shape index (κ1) is 26.7. The zero-order chi connectivity index (χ0) is 26.3. The fraction of sp³-hybridized carbons (Fsp3) is 0.519. The van der Waals surface area contributed by atoms with E-state index >= 15 is 0 Å². The maximum Gasteiger partial charge on any atom is 0.231 e. The molecule has 1 unspecified atom stereocenters. The van der Waals surface area contributed by atoms with Crippen molar-refractivity contribution >= 4 is 11.7 Å². The van der Waals surface area contributed by atoms with E-state index in [0.717, 1.165) is 36.7 Å². The Morgan fingerprint density at radius 3 is 2.76 bits per heavy atom. The summed E-state index contributed by atoms with van der Waals surface area (Å²) in [4.78, 5) is 11.6. The Labute approximate surface area is 218 Å². The highest BCUT2D eigenvalue weighted by atomic mass is 16.5. The lowest BCUT2D eigenvalue weighted by atomic mass is 9.87. The number of benzene rings is 1. The second-order valence-corrected chi connectivity index (χ2v) is 9.67. The molecule has 2 aromatic heterocycles. The number of hydrogen-bond acceptors (Lipinski definition) is 10. The summed E-state index contributed by atoms with van der Waals surface area (Å²) < 4.78 is 28.3. The van der Waals surface area contributed by atoms with Crippen LogP contribution >= 0.6 is 0 Å². The van der Waals surface area contributed by atoms with E-state index in [1.807, 2.05) is 45.0 Å². The second-order valence-electron chi connectivity index (χ2n) is 9.67. The molecule has 200 valence electrons. The van der Waals surface area contributed by atoms with Gasteiger partial charge in [-0.3, -0.25) is 4.98 Å². The number of anilines is 2. The van der Waals surface area contributed by atoms with Crippen molar-refractivity contribution in [2.45, 2.75) is 45.1 Å². The molecule has 0 bridgehead atoms. The van der Waals surface area contributed by atoms with E-state index in [1.165, 1.54) is 0 Å². The van der Waals surface area contributed by atoms with Crippen molar-refractivity contribution in [1.29, 1.82) is 0 Å². The molecule has 1 aliphatic heterocycles. The number of aromatic nitrogens is 3. The van der Waals surface area contributed by atoms with Crippen LogP contribution < -0.4 is 20.1 Å². The number of piperidine rings is 1. The van der Waals surface area contributed by atoms with E-state index in [9.17, 15) is 0 Å². The van der Waals surface area contributed by atoms with Gasteiger partial charge in [-0.2, -0.15) is 0 Å². The van der Waals surface area contributed by atoms with Crippen LogP contribution in [0.1, 0.15) is 39.3 Å². The summed E-state index contributed by atoms with van der Waals surface area (Å²) in [7, 11) is 1.65. The summed E-state index contributed by atoms with van der Waals surface area (Å²) in [6.07, 6.45) is 5.38. The topological polar surface area (TPSA) is 118 Å². The highest BCUT2D eigenvalue weighted by Crippen LogP contribution is 2.37. The molecule has 10 nitrogen and oxygen atoms in total. The zero-order valence-corrected chi connectivity index (χ0v) is 22.1. The lowest BCUT2D eigenvalue weighted by molar-refractivity contribution is 0.0471.